The van der Waals surface area contributed by atoms with Crippen molar-refractivity contribution in [2.45, 2.75) is 13.5 Å². The van der Waals surface area contributed by atoms with Gasteiger partial charge in [-0.3, -0.25) is 14.9 Å². The third kappa shape index (κ3) is 5.27. The van der Waals surface area contributed by atoms with Crippen LogP contribution < -0.4 is 4.74 Å². The zero-order valence-electron chi connectivity index (χ0n) is 15.1. The first-order valence-corrected chi connectivity index (χ1v) is 8.27. The normalized spacial score (nSPS) is 10.1. The molecular formula is C19H20N2O6. The molecule has 1 amide bonds. The second-order valence-corrected chi connectivity index (χ2v) is 5.61. The number of carbonyl (C=O) groups excluding carboxylic acids is 2. The van der Waals surface area contributed by atoms with E-state index in [4.69, 9.17) is 9.47 Å². The molecule has 0 saturated carbocycles. The molecule has 0 bridgehead atoms. The summed E-state index contributed by atoms with van der Waals surface area (Å²) in [5.41, 5.74) is 0.582. The van der Waals surface area contributed by atoms with Gasteiger partial charge in [0.25, 0.3) is 11.6 Å². The summed E-state index contributed by atoms with van der Waals surface area (Å²) < 4.78 is 10.1. The zero-order valence-corrected chi connectivity index (χ0v) is 15.1. The van der Waals surface area contributed by atoms with E-state index in [2.05, 4.69) is 0 Å². The quantitative estimate of drug-likeness (QED) is 0.401. The molecule has 2 aromatic carbocycles. The highest BCUT2D eigenvalue weighted by molar-refractivity contribution is 5.94. The molecule has 0 fully saturated rings. The van der Waals surface area contributed by atoms with Crippen LogP contribution >= 0.6 is 0 Å². The average Bonchev–Trinajstić information content (AvgIpc) is 2.70. The lowest BCUT2D eigenvalue weighted by Crippen LogP contribution is -2.34. The van der Waals surface area contributed by atoms with Crippen molar-refractivity contribution in [1.29, 1.82) is 0 Å². The molecule has 0 saturated heterocycles. The van der Waals surface area contributed by atoms with E-state index < -0.39 is 17.5 Å². The predicted octanol–water partition coefficient (Wildman–Crippen LogP) is 2.81. The van der Waals surface area contributed by atoms with Crippen LogP contribution in [-0.4, -0.2) is 42.0 Å². The van der Waals surface area contributed by atoms with E-state index in [1.807, 2.05) is 37.3 Å². The topological polar surface area (TPSA) is 99.0 Å². The number of nitro groups is 1. The Bertz CT molecular complexity index is 822. The fourth-order valence-corrected chi connectivity index (χ4v) is 2.45. The van der Waals surface area contributed by atoms with E-state index in [-0.39, 0.29) is 22.9 Å². The molecule has 2 rings (SSSR count). The largest absolute Gasteiger partial charge is 0.496 e. The van der Waals surface area contributed by atoms with Gasteiger partial charge in [-0.05, 0) is 18.6 Å². The van der Waals surface area contributed by atoms with Crippen LogP contribution in [0.2, 0.25) is 0 Å². The lowest BCUT2D eigenvalue weighted by Gasteiger charge is -2.21. The van der Waals surface area contributed by atoms with Crippen LogP contribution in [0.15, 0.2) is 48.5 Å². The second-order valence-electron chi connectivity index (χ2n) is 5.61. The van der Waals surface area contributed by atoms with E-state index in [0.29, 0.717) is 13.1 Å². The minimum absolute atomic E-state index is 0.106. The molecule has 0 spiro atoms. The lowest BCUT2D eigenvalue weighted by atomic mass is 10.2. The Morgan fingerprint density at radius 1 is 1.15 bits per heavy atom. The van der Waals surface area contributed by atoms with E-state index in [9.17, 15) is 19.7 Å². The Hall–Kier alpha value is -3.42. The van der Waals surface area contributed by atoms with Crippen LogP contribution in [0.25, 0.3) is 0 Å². The summed E-state index contributed by atoms with van der Waals surface area (Å²) in [6.07, 6.45) is 0. The number of nitrogens with zero attached hydrogens (tertiary/aromatic N) is 2. The number of amides is 1. The Morgan fingerprint density at radius 2 is 1.85 bits per heavy atom. The van der Waals surface area contributed by atoms with Crippen LogP contribution in [0.5, 0.6) is 5.75 Å². The molecule has 0 aliphatic carbocycles. The van der Waals surface area contributed by atoms with Gasteiger partial charge in [0.2, 0.25) is 0 Å². The number of non-ortho nitro benzene ring substituents is 1. The van der Waals surface area contributed by atoms with E-state index in [1.165, 1.54) is 19.2 Å². The predicted molar refractivity (Wildman–Crippen MR) is 97.5 cm³/mol. The van der Waals surface area contributed by atoms with Gasteiger partial charge in [0.05, 0.1) is 12.0 Å². The standard InChI is InChI=1S/C19H20N2O6/c1-3-20(12-14-7-5-4-6-8-14)18(22)13-27-19(23)16-11-15(21(24)25)9-10-17(16)26-2/h4-11H,3,12-13H2,1-2H3. The average molecular weight is 372 g/mol. The van der Waals surface area contributed by atoms with Gasteiger partial charge in [-0.15, -0.1) is 0 Å². The summed E-state index contributed by atoms with van der Waals surface area (Å²) in [5.74, 6) is -1.09. The van der Waals surface area contributed by atoms with Crippen molar-refractivity contribution in [2.75, 3.05) is 20.3 Å². The van der Waals surface area contributed by atoms with Crippen molar-refractivity contribution in [3.63, 3.8) is 0 Å². The van der Waals surface area contributed by atoms with Crippen LogP contribution in [0.1, 0.15) is 22.8 Å². The van der Waals surface area contributed by atoms with Crippen molar-refractivity contribution in [2.24, 2.45) is 0 Å². The Labute approximate surface area is 156 Å². The van der Waals surface area contributed by atoms with Crippen LogP contribution in [0, 0.1) is 10.1 Å². The first-order valence-electron chi connectivity index (χ1n) is 8.27. The smallest absolute Gasteiger partial charge is 0.342 e. The summed E-state index contributed by atoms with van der Waals surface area (Å²) >= 11 is 0. The molecule has 8 heteroatoms. The monoisotopic (exact) mass is 372 g/mol. The summed E-state index contributed by atoms with van der Waals surface area (Å²) in [7, 11) is 1.34. The molecule has 27 heavy (non-hydrogen) atoms. The maximum absolute atomic E-state index is 12.4. The van der Waals surface area contributed by atoms with Crippen LogP contribution in [-0.2, 0) is 16.1 Å². The van der Waals surface area contributed by atoms with Gasteiger partial charge < -0.3 is 14.4 Å². The fourth-order valence-electron chi connectivity index (χ4n) is 2.45. The number of benzene rings is 2. The molecule has 0 radical (unpaired) electrons. The number of hydrogen-bond acceptors (Lipinski definition) is 6. The third-order valence-electron chi connectivity index (χ3n) is 3.89. The van der Waals surface area contributed by atoms with Crippen LogP contribution in [0.4, 0.5) is 5.69 Å². The number of nitro benzene ring substituents is 1. The van der Waals surface area contributed by atoms with Gasteiger partial charge >= 0.3 is 5.97 Å². The number of esters is 1. The highest BCUT2D eigenvalue weighted by Gasteiger charge is 2.21. The molecule has 0 unspecified atom stereocenters. The first-order chi connectivity index (χ1) is 13.0. The second kappa shape index (κ2) is 9.33. The number of rotatable bonds is 8. The minimum Gasteiger partial charge on any atom is -0.496 e. The number of carbonyl (C=O) groups is 2. The molecule has 0 aromatic heterocycles. The highest BCUT2D eigenvalue weighted by Crippen LogP contribution is 2.24. The first kappa shape index (κ1) is 19.9. The fraction of sp³-hybridized carbons (Fsp3) is 0.263. The Kier molecular flexibility index (Phi) is 6.87. The van der Waals surface area contributed by atoms with Gasteiger partial charge in [-0.2, -0.15) is 0 Å². The minimum atomic E-state index is -0.861. The molecule has 0 aliphatic rings. The molecule has 142 valence electrons. The van der Waals surface area contributed by atoms with Crippen molar-refractivity contribution >= 4 is 17.6 Å². The Balaban J connectivity index is 2.04. The summed E-state index contributed by atoms with van der Waals surface area (Å²) in [5, 5.41) is 10.9. The third-order valence-corrected chi connectivity index (χ3v) is 3.89. The van der Waals surface area contributed by atoms with Crippen molar-refractivity contribution in [3.05, 3.63) is 69.8 Å². The van der Waals surface area contributed by atoms with Crippen molar-refractivity contribution in [3.8, 4) is 5.75 Å². The summed E-state index contributed by atoms with van der Waals surface area (Å²) in [4.78, 5) is 36.4. The van der Waals surface area contributed by atoms with Gasteiger partial charge in [0.15, 0.2) is 6.61 Å². The number of likely N-dealkylation sites (N-methyl/N-ethyl adjacent to an activating group) is 1. The lowest BCUT2D eigenvalue weighted by molar-refractivity contribution is -0.384. The molecule has 8 nitrogen and oxygen atoms in total. The summed E-state index contributed by atoms with van der Waals surface area (Å²) in [6, 6.07) is 13.0. The highest BCUT2D eigenvalue weighted by atomic mass is 16.6. The zero-order chi connectivity index (χ0) is 19.8. The number of hydrogen-bond donors (Lipinski definition) is 0. The maximum Gasteiger partial charge on any atom is 0.342 e. The van der Waals surface area contributed by atoms with Crippen molar-refractivity contribution < 1.29 is 24.0 Å². The Morgan fingerprint density at radius 3 is 2.44 bits per heavy atom. The number of methoxy groups -OCH3 is 1. The van der Waals surface area contributed by atoms with Gasteiger partial charge in [-0.25, -0.2) is 4.79 Å². The van der Waals surface area contributed by atoms with Crippen molar-refractivity contribution in [1.82, 2.24) is 4.90 Å². The molecule has 2 aromatic rings. The molecular weight excluding hydrogens is 352 g/mol. The molecule has 0 heterocycles. The number of ether oxygens (including phenoxy) is 2. The van der Waals surface area contributed by atoms with Crippen LogP contribution in [0.3, 0.4) is 0 Å². The molecule has 0 N–H and O–H groups in total. The van der Waals surface area contributed by atoms with Gasteiger partial charge in [-0.1, -0.05) is 30.3 Å². The van der Waals surface area contributed by atoms with E-state index in [1.54, 1.807) is 4.90 Å². The summed E-state index contributed by atoms with van der Waals surface area (Å²) in [6.45, 7) is 2.21. The van der Waals surface area contributed by atoms with Gasteiger partial charge in [0, 0.05) is 25.2 Å². The van der Waals surface area contributed by atoms with E-state index >= 15 is 0 Å². The molecule has 0 aliphatic heterocycles. The van der Waals surface area contributed by atoms with Gasteiger partial charge in [0.1, 0.15) is 11.3 Å². The SMILES string of the molecule is CCN(Cc1ccccc1)C(=O)COC(=O)c1cc([N+](=O)[O-])ccc1OC. The molecule has 0 atom stereocenters. The van der Waals surface area contributed by atoms with E-state index in [0.717, 1.165) is 11.6 Å². The maximum atomic E-state index is 12.4.